The van der Waals surface area contributed by atoms with Gasteiger partial charge in [-0.3, -0.25) is 9.59 Å². The summed E-state index contributed by atoms with van der Waals surface area (Å²) in [6.07, 6.45) is 0. The Morgan fingerprint density at radius 3 is 2.64 bits per heavy atom. The molecule has 5 nitrogen and oxygen atoms in total. The fraction of sp³-hybridized carbons (Fsp3) is 0. The van der Waals surface area contributed by atoms with Crippen molar-refractivity contribution in [2.75, 3.05) is 0 Å². The molecular formula is C19H9BrCl2N2O3S. The lowest BCUT2D eigenvalue weighted by Crippen LogP contribution is -2.28. The Balaban J connectivity index is 1.82. The van der Waals surface area contributed by atoms with Crippen LogP contribution >= 0.6 is 51.3 Å². The molecule has 0 fully saturated rings. The zero-order valence-corrected chi connectivity index (χ0v) is 17.7. The monoisotopic (exact) mass is 494 g/mol. The van der Waals surface area contributed by atoms with E-state index in [0.29, 0.717) is 36.7 Å². The van der Waals surface area contributed by atoms with Crippen LogP contribution in [0.5, 0.6) is 0 Å². The lowest BCUT2D eigenvalue weighted by Gasteiger charge is -2.06. The van der Waals surface area contributed by atoms with E-state index in [2.05, 4.69) is 20.9 Å². The number of rotatable bonds is 2. The van der Waals surface area contributed by atoms with Crippen LogP contribution in [0.4, 0.5) is 0 Å². The maximum absolute atomic E-state index is 12.9. The summed E-state index contributed by atoms with van der Waals surface area (Å²) in [7, 11) is 0. The van der Waals surface area contributed by atoms with Crippen molar-refractivity contribution in [3.8, 4) is 11.3 Å². The predicted octanol–water partition coefficient (Wildman–Crippen LogP) is 6.08. The molecule has 0 spiro atoms. The molecule has 1 N–H and O–H groups in total. The van der Waals surface area contributed by atoms with Crippen molar-refractivity contribution in [1.82, 2.24) is 9.55 Å². The second kappa shape index (κ2) is 7.33. The van der Waals surface area contributed by atoms with Gasteiger partial charge in [0.1, 0.15) is 5.76 Å². The summed E-state index contributed by atoms with van der Waals surface area (Å²) in [5.74, 6) is -0.349. The van der Waals surface area contributed by atoms with Gasteiger partial charge in [-0.05, 0) is 60.7 Å². The van der Waals surface area contributed by atoms with Crippen molar-refractivity contribution in [2.24, 2.45) is 0 Å². The molecule has 28 heavy (non-hydrogen) atoms. The molecule has 0 radical (unpaired) electrons. The standard InChI is InChI=1S/C19H9BrCl2N2O3S/c20-9-1-4-14-12(7-9)17(25)24(19(28)23-14)18(26)16-6-5-15(27-16)11-3-2-10(21)8-13(11)22/h1-8H,(H,23,28). The fourth-order valence-corrected chi connectivity index (χ4v) is 3.91. The minimum absolute atomic E-state index is 0.0210. The van der Waals surface area contributed by atoms with Crippen LogP contribution in [0, 0.1) is 4.77 Å². The topological polar surface area (TPSA) is 68.0 Å². The number of nitrogens with zero attached hydrogens (tertiary/aromatic N) is 1. The lowest BCUT2D eigenvalue weighted by molar-refractivity contribution is 0.0927. The average Bonchev–Trinajstić information content (AvgIpc) is 3.12. The number of aromatic nitrogens is 2. The van der Waals surface area contributed by atoms with Gasteiger partial charge in [0.2, 0.25) is 0 Å². The number of aromatic amines is 1. The summed E-state index contributed by atoms with van der Waals surface area (Å²) in [5.41, 5.74) is 0.577. The van der Waals surface area contributed by atoms with E-state index in [1.807, 2.05) is 0 Å². The second-order valence-electron chi connectivity index (χ2n) is 5.85. The summed E-state index contributed by atoms with van der Waals surface area (Å²) in [5, 5.41) is 1.19. The highest BCUT2D eigenvalue weighted by atomic mass is 79.9. The first-order valence-corrected chi connectivity index (χ1v) is 9.85. The van der Waals surface area contributed by atoms with Gasteiger partial charge in [-0.15, -0.1) is 0 Å². The molecule has 2 aromatic heterocycles. The number of furan rings is 1. The molecule has 0 unspecified atom stereocenters. The van der Waals surface area contributed by atoms with E-state index < -0.39 is 11.5 Å². The Labute approximate surface area is 181 Å². The van der Waals surface area contributed by atoms with Crippen LogP contribution in [0.3, 0.4) is 0 Å². The van der Waals surface area contributed by atoms with Crippen LogP contribution in [-0.2, 0) is 0 Å². The highest BCUT2D eigenvalue weighted by Crippen LogP contribution is 2.31. The number of halogens is 3. The molecule has 0 aliphatic heterocycles. The third-order valence-electron chi connectivity index (χ3n) is 4.08. The number of nitrogens with one attached hydrogen (secondary N) is 1. The summed E-state index contributed by atoms with van der Waals surface area (Å²) in [6, 6.07) is 13.1. The minimum atomic E-state index is -0.676. The Bertz CT molecular complexity index is 1370. The highest BCUT2D eigenvalue weighted by Gasteiger charge is 2.19. The third kappa shape index (κ3) is 3.35. The average molecular weight is 496 g/mol. The van der Waals surface area contributed by atoms with Crippen molar-refractivity contribution in [1.29, 1.82) is 0 Å². The SMILES string of the molecule is O=C(c1ccc(-c2ccc(Cl)cc2Cl)o1)n1c(=S)[nH]c2ccc(Br)cc2c1=O. The predicted molar refractivity (Wildman–Crippen MR) is 115 cm³/mol. The van der Waals surface area contributed by atoms with E-state index in [1.54, 1.807) is 42.5 Å². The molecule has 0 amide bonds. The molecule has 4 rings (SSSR count). The normalized spacial score (nSPS) is 11.1. The van der Waals surface area contributed by atoms with Crippen LogP contribution in [-0.4, -0.2) is 15.5 Å². The molecule has 140 valence electrons. The van der Waals surface area contributed by atoms with Crippen LogP contribution in [0.2, 0.25) is 10.0 Å². The zero-order valence-electron chi connectivity index (χ0n) is 13.8. The van der Waals surface area contributed by atoms with Crippen LogP contribution in [0.25, 0.3) is 22.2 Å². The smallest absolute Gasteiger partial charge is 0.302 e. The van der Waals surface area contributed by atoms with Crippen molar-refractivity contribution >= 4 is 68.2 Å². The molecule has 4 aromatic rings. The molecule has 2 heterocycles. The number of hydrogen-bond acceptors (Lipinski definition) is 4. The van der Waals surface area contributed by atoms with Gasteiger partial charge >= 0.3 is 5.91 Å². The molecule has 2 aromatic carbocycles. The summed E-state index contributed by atoms with van der Waals surface area (Å²) < 4.78 is 7.20. The first-order valence-electron chi connectivity index (χ1n) is 7.90. The lowest BCUT2D eigenvalue weighted by atomic mass is 10.2. The van der Waals surface area contributed by atoms with Gasteiger partial charge in [-0.25, -0.2) is 4.57 Å². The number of benzene rings is 2. The maximum atomic E-state index is 12.9. The molecule has 0 atom stereocenters. The van der Waals surface area contributed by atoms with Crippen molar-refractivity contribution < 1.29 is 9.21 Å². The molecule has 0 saturated heterocycles. The van der Waals surface area contributed by atoms with E-state index in [-0.39, 0.29) is 10.5 Å². The number of carbonyl (C=O) groups is 1. The van der Waals surface area contributed by atoms with Crippen molar-refractivity contribution in [3.63, 3.8) is 0 Å². The van der Waals surface area contributed by atoms with Crippen LogP contribution in [0.1, 0.15) is 10.6 Å². The number of fused-ring (bicyclic) bond motifs is 1. The Morgan fingerprint density at radius 2 is 1.89 bits per heavy atom. The van der Waals surface area contributed by atoms with Crippen molar-refractivity contribution in [2.45, 2.75) is 0 Å². The first kappa shape index (κ1) is 19.1. The van der Waals surface area contributed by atoms with Crippen molar-refractivity contribution in [3.05, 3.63) is 83.9 Å². The number of H-pyrrole nitrogens is 1. The van der Waals surface area contributed by atoms with Crippen LogP contribution < -0.4 is 5.56 Å². The van der Waals surface area contributed by atoms with E-state index in [0.717, 1.165) is 4.57 Å². The zero-order chi connectivity index (χ0) is 20.0. The van der Waals surface area contributed by atoms with Gasteiger partial charge in [0.15, 0.2) is 10.5 Å². The maximum Gasteiger partial charge on any atom is 0.302 e. The molecule has 0 aliphatic rings. The summed E-state index contributed by atoms with van der Waals surface area (Å²) in [6.45, 7) is 0. The van der Waals surface area contributed by atoms with E-state index in [1.165, 1.54) is 6.07 Å². The molecule has 0 bridgehead atoms. The minimum Gasteiger partial charge on any atom is -0.451 e. The van der Waals surface area contributed by atoms with Gasteiger partial charge in [0.05, 0.1) is 15.9 Å². The van der Waals surface area contributed by atoms with Gasteiger partial charge < -0.3 is 9.40 Å². The molecule has 9 heteroatoms. The quantitative estimate of drug-likeness (QED) is 0.342. The first-order chi connectivity index (χ1) is 13.3. The molecular weight excluding hydrogens is 487 g/mol. The number of carbonyl (C=O) groups excluding carboxylic acids is 1. The summed E-state index contributed by atoms with van der Waals surface area (Å²) in [4.78, 5) is 28.6. The van der Waals surface area contributed by atoms with E-state index in [9.17, 15) is 9.59 Å². The molecule has 0 saturated carbocycles. The van der Waals surface area contributed by atoms with Gasteiger partial charge in [0, 0.05) is 15.1 Å². The Morgan fingerprint density at radius 1 is 1.11 bits per heavy atom. The number of hydrogen-bond donors (Lipinski definition) is 1. The Kier molecular flexibility index (Phi) is 5.01. The summed E-state index contributed by atoms with van der Waals surface area (Å²) >= 11 is 20.6. The Hall–Kier alpha value is -2.19. The largest absolute Gasteiger partial charge is 0.451 e. The van der Waals surface area contributed by atoms with E-state index in [4.69, 9.17) is 39.8 Å². The van der Waals surface area contributed by atoms with Crippen LogP contribution in [0.15, 0.2) is 62.2 Å². The molecule has 0 aliphatic carbocycles. The third-order valence-corrected chi connectivity index (χ3v) is 5.40. The van der Waals surface area contributed by atoms with E-state index >= 15 is 0 Å². The second-order valence-corrected chi connectivity index (χ2v) is 8.00. The van der Waals surface area contributed by atoms with Gasteiger partial charge in [-0.1, -0.05) is 39.1 Å². The van der Waals surface area contributed by atoms with Gasteiger partial charge in [0.25, 0.3) is 5.56 Å². The highest BCUT2D eigenvalue weighted by molar-refractivity contribution is 9.10. The van der Waals surface area contributed by atoms with Gasteiger partial charge in [-0.2, -0.15) is 0 Å². The fourth-order valence-electron chi connectivity index (χ4n) is 2.77.